The van der Waals surface area contributed by atoms with Crippen LogP contribution in [0.4, 0.5) is 8.78 Å². The maximum Gasteiger partial charge on any atom is 0.123 e. The molecular formula is C56H34F2N2. The molecule has 1 aliphatic carbocycles. The summed E-state index contributed by atoms with van der Waals surface area (Å²) in [7, 11) is 0. The lowest BCUT2D eigenvalue weighted by atomic mass is 9.48. The Balaban J connectivity index is 1.60. The molecule has 60 heavy (non-hydrogen) atoms. The fourth-order valence-electron chi connectivity index (χ4n) is 9.97. The van der Waals surface area contributed by atoms with Crippen LogP contribution in [-0.4, -0.2) is 0 Å². The number of hydrogen-bond acceptors (Lipinski definition) is 2. The Morgan fingerprint density at radius 3 is 1.08 bits per heavy atom. The third-order valence-corrected chi connectivity index (χ3v) is 12.2. The number of fused-ring (bicyclic) bond motifs is 3. The van der Waals surface area contributed by atoms with Crippen molar-refractivity contribution in [3.63, 3.8) is 0 Å². The summed E-state index contributed by atoms with van der Waals surface area (Å²) in [6.07, 6.45) is 0. The lowest BCUT2D eigenvalue weighted by Gasteiger charge is -2.53. The van der Waals surface area contributed by atoms with Crippen LogP contribution in [0.25, 0.3) is 33.0 Å². The Hall–Kier alpha value is -7.92. The molecule has 0 bridgehead atoms. The van der Waals surface area contributed by atoms with E-state index in [0.717, 1.165) is 66.4 Å². The minimum Gasteiger partial charge on any atom is -0.207 e. The Labute approximate surface area is 347 Å². The van der Waals surface area contributed by atoms with Gasteiger partial charge in [0.2, 0.25) is 0 Å². The van der Waals surface area contributed by atoms with E-state index >= 15 is 8.78 Å². The summed E-state index contributed by atoms with van der Waals surface area (Å²) in [5, 5.41) is 22.1. The van der Waals surface area contributed by atoms with Crippen molar-refractivity contribution in [2.45, 2.75) is 10.8 Å². The van der Waals surface area contributed by atoms with Crippen molar-refractivity contribution in [3.8, 4) is 34.4 Å². The predicted molar refractivity (Wildman–Crippen MR) is 234 cm³/mol. The van der Waals surface area contributed by atoms with Gasteiger partial charge in [-0.05, 0) is 126 Å². The van der Waals surface area contributed by atoms with E-state index in [1.165, 1.54) is 12.1 Å². The largest absolute Gasteiger partial charge is 0.207 e. The van der Waals surface area contributed by atoms with Crippen LogP contribution in [0.5, 0.6) is 0 Å². The molecule has 2 unspecified atom stereocenters. The van der Waals surface area contributed by atoms with Gasteiger partial charge in [0.1, 0.15) is 11.6 Å². The predicted octanol–water partition coefficient (Wildman–Crippen LogP) is 13.3. The van der Waals surface area contributed by atoms with Gasteiger partial charge in [0.25, 0.3) is 0 Å². The van der Waals surface area contributed by atoms with Crippen molar-refractivity contribution in [1.82, 2.24) is 0 Å². The fourth-order valence-corrected chi connectivity index (χ4v) is 9.97. The maximum atomic E-state index is 16.2. The second kappa shape index (κ2) is 14.5. The quantitative estimate of drug-likeness (QED) is 0.169. The van der Waals surface area contributed by atoms with Gasteiger partial charge >= 0.3 is 0 Å². The average molecular weight is 773 g/mol. The monoisotopic (exact) mass is 772 g/mol. The molecule has 10 rings (SSSR count). The molecule has 0 N–H and O–H groups in total. The Bertz CT molecular complexity index is 2960. The molecule has 2 nitrogen and oxygen atoms in total. The van der Waals surface area contributed by atoms with Crippen molar-refractivity contribution >= 4 is 10.8 Å². The number of benzene rings is 9. The van der Waals surface area contributed by atoms with Gasteiger partial charge in [-0.1, -0.05) is 158 Å². The van der Waals surface area contributed by atoms with Crippen LogP contribution in [0.2, 0.25) is 0 Å². The number of nitrogens with zero attached hydrogens (tertiary/aromatic N) is 2. The van der Waals surface area contributed by atoms with Gasteiger partial charge in [0.05, 0.1) is 34.1 Å². The maximum absolute atomic E-state index is 16.2. The van der Waals surface area contributed by atoms with E-state index in [0.29, 0.717) is 22.3 Å². The van der Waals surface area contributed by atoms with E-state index in [9.17, 15) is 10.5 Å². The van der Waals surface area contributed by atoms with Crippen molar-refractivity contribution in [1.29, 1.82) is 10.5 Å². The molecule has 0 aliphatic heterocycles. The number of nitriles is 2. The molecule has 282 valence electrons. The van der Waals surface area contributed by atoms with Gasteiger partial charge in [-0.15, -0.1) is 0 Å². The highest BCUT2D eigenvalue weighted by Gasteiger charge is 2.56. The molecule has 1 aliphatic rings. The first-order chi connectivity index (χ1) is 29.5. The van der Waals surface area contributed by atoms with Crippen molar-refractivity contribution in [2.24, 2.45) is 0 Å². The summed E-state index contributed by atoms with van der Waals surface area (Å²) >= 11 is 0. The molecule has 9 aromatic carbocycles. The summed E-state index contributed by atoms with van der Waals surface area (Å²) in [6, 6.07) is 70.8. The van der Waals surface area contributed by atoms with Crippen molar-refractivity contribution in [3.05, 3.63) is 274 Å². The van der Waals surface area contributed by atoms with Crippen molar-refractivity contribution in [2.75, 3.05) is 0 Å². The molecule has 9 aromatic rings. The fraction of sp³-hybridized carbons (Fsp3) is 0.0357. The molecule has 0 amide bonds. The smallest absolute Gasteiger partial charge is 0.123 e. The Morgan fingerprint density at radius 1 is 0.350 bits per heavy atom. The topological polar surface area (TPSA) is 47.6 Å². The SMILES string of the molecule is N#Cc1ccc(C2(c3cccc(F)c3)c3ccccc3C(c3ccc(C#N)cc3)(c3cccc(F)c3)c3c2c(-c2ccccc2)c2ccccc2c3-c2ccccc2)cc1. The lowest BCUT2D eigenvalue weighted by molar-refractivity contribution is 0.592. The van der Waals surface area contributed by atoms with E-state index in [1.807, 2.05) is 109 Å². The summed E-state index contributed by atoms with van der Waals surface area (Å²) in [6.45, 7) is 0. The highest BCUT2D eigenvalue weighted by atomic mass is 19.1. The molecule has 0 saturated heterocycles. The van der Waals surface area contributed by atoms with Crippen LogP contribution in [0.1, 0.15) is 55.6 Å². The summed E-state index contributed by atoms with van der Waals surface area (Å²) in [5.74, 6) is -0.780. The van der Waals surface area contributed by atoms with Crippen molar-refractivity contribution < 1.29 is 8.78 Å². The first-order valence-corrected chi connectivity index (χ1v) is 19.8. The van der Waals surface area contributed by atoms with E-state index in [-0.39, 0.29) is 11.6 Å². The van der Waals surface area contributed by atoms with Crippen LogP contribution in [0.3, 0.4) is 0 Å². The molecule has 2 atom stereocenters. The van der Waals surface area contributed by atoms with Gasteiger partial charge in [-0.25, -0.2) is 8.78 Å². The molecule has 0 fully saturated rings. The van der Waals surface area contributed by atoms with E-state index in [2.05, 4.69) is 72.8 Å². The molecule has 0 aromatic heterocycles. The number of halogens is 2. The molecule has 4 heteroatoms. The van der Waals surface area contributed by atoms with E-state index < -0.39 is 10.8 Å². The standard InChI is InChI=1S/C56H34F2N2/c57-45-19-11-17-43(33-45)55(41-29-25-37(35-59)26-30-41)49-23-9-10-24-50(49)56(44-18-12-20-46(58)34-44,42-31-27-38(36-60)28-32-42)54-52(40-15-5-2-6-16-40)48-22-8-7-21-47(48)51(53(54)55)39-13-3-1-4-14-39/h1-34H. The third-order valence-electron chi connectivity index (χ3n) is 12.2. The zero-order valence-corrected chi connectivity index (χ0v) is 32.3. The number of hydrogen-bond donors (Lipinski definition) is 0. The second-order valence-electron chi connectivity index (χ2n) is 15.2. The first kappa shape index (κ1) is 36.4. The molecule has 0 saturated carbocycles. The van der Waals surface area contributed by atoms with Gasteiger partial charge in [-0.3, -0.25) is 0 Å². The minimum atomic E-state index is -1.22. The summed E-state index contributed by atoms with van der Waals surface area (Å²) < 4.78 is 32.4. The van der Waals surface area contributed by atoms with Crippen LogP contribution in [-0.2, 0) is 10.8 Å². The van der Waals surface area contributed by atoms with E-state index in [1.54, 1.807) is 24.3 Å². The summed E-state index contributed by atoms with van der Waals surface area (Å²) in [4.78, 5) is 0. The normalized spacial score (nSPS) is 16.6. The highest BCUT2D eigenvalue weighted by molar-refractivity contribution is 6.11. The molecular weight excluding hydrogens is 739 g/mol. The Morgan fingerprint density at radius 2 is 0.717 bits per heavy atom. The van der Waals surface area contributed by atoms with Crippen LogP contribution in [0, 0.1) is 34.3 Å². The third kappa shape index (κ3) is 5.36. The molecule has 0 heterocycles. The lowest BCUT2D eigenvalue weighted by Crippen LogP contribution is -2.46. The highest BCUT2D eigenvalue weighted by Crippen LogP contribution is 2.65. The van der Waals surface area contributed by atoms with Gasteiger partial charge in [-0.2, -0.15) is 10.5 Å². The Kier molecular flexibility index (Phi) is 8.79. The van der Waals surface area contributed by atoms with Gasteiger partial charge in [0, 0.05) is 0 Å². The molecule has 0 radical (unpaired) electrons. The average Bonchev–Trinajstić information content (AvgIpc) is 3.31. The first-order valence-electron chi connectivity index (χ1n) is 19.8. The van der Waals surface area contributed by atoms with E-state index in [4.69, 9.17) is 0 Å². The number of rotatable bonds is 6. The van der Waals surface area contributed by atoms with Gasteiger partial charge in [0.15, 0.2) is 0 Å². The zero-order valence-electron chi connectivity index (χ0n) is 32.3. The zero-order chi connectivity index (χ0) is 40.8. The minimum absolute atomic E-state index is 0.390. The van der Waals surface area contributed by atoms with Crippen LogP contribution >= 0.6 is 0 Å². The second-order valence-corrected chi connectivity index (χ2v) is 15.2. The molecule has 0 spiro atoms. The van der Waals surface area contributed by atoms with Crippen LogP contribution in [0.15, 0.2) is 206 Å². The summed E-state index contributed by atoms with van der Waals surface area (Å²) in [5.41, 5.74) is 8.93. The van der Waals surface area contributed by atoms with Crippen LogP contribution < -0.4 is 0 Å². The van der Waals surface area contributed by atoms with Gasteiger partial charge < -0.3 is 0 Å².